The number of nitrogens with two attached hydrogens (primary N) is 2. The van der Waals surface area contributed by atoms with E-state index < -0.39 is 31.4 Å². The largest absolute Gasteiger partial charge is 3.00 e. The van der Waals surface area contributed by atoms with Crippen LogP contribution in [-0.2, 0) is 27.5 Å². The monoisotopic (exact) mass is 666 g/mol. The molecule has 0 aliphatic carbocycles. The fourth-order valence-electron chi connectivity index (χ4n) is 3.65. The van der Waals surface area contributed by atoms with Gasteiger partial charge in [0.2, 0.25) is 0 Å². The Morgan fingerprint density at radius 3 is 2.00 bits per heavy atom. The van der Waals surface area contributed by atoms with E-state index in [4.69, 9.17) is 16.0 Å². The summed E-state index contributed by atoms with van der Waals surface area (Å²) in [6.07, 6.45) is 0. The molecule has 1 radical (unpaired) electrons. The molecular formula is C28H20CrN7O8S. The van der Waals surface area contributed by atoms with Crippen molar-refractivity contribution in [3.05, 3.63) is 101 Å². The van der Waals surface area contributed by atoms with Crippen LogP contribution in [0.15, 0.2) is 116 Å². The first-order valence-electron chi connectivity index (χ1n) is 12.2. The van der Waals surface area contributed by atoms with Crippen LogP contribution < -0.4 is 26.8 Å². The Kier molecular flexibility index (Phi) is 10.7. The summed E-state index contributed by atoms with van der Waals surface area (Å²) in [5.74, 6) is -1.49. The van der Waals surface area contributed by atoms with Crippen LogP contribution in [0.1, 0.15) is 0 Å². The Bertz CT molecular complexity index is 2060. The molecule has 0 spiro atoms. The van der Waals surface area contributed by atoms with Crippen LogP contribution in [0.3, 0.4) is 0 Å². The smallest absolute Gasteiger partial charge is 0.871 e. The van der Waals surface area contributed by atoms with E-state index in [1.165, 1.54) is 24.3 Å². The predicted molar refractivity (Wildman–Crippen MR) is 155 cm³/mol. The van der Waals surface area contributed by atoms with Crippen molar-refractivity contribution in [3.63, 3.8) is 0 Å². The molecule has 5 aromatic rings. The molecule has 0 heterocycles. The molecule has 227 valence electrons. The Hall–Kier alpha value is -5.60. The second-order valence-electron chi connectivity index (χ2n) is 8.87. The first-order valence-corrected chi connectivity index (χ1v) is 13.7. The number of anilines is 2. The summed E-state index contributed by atoms with van der Waals surface area (Å²) >= 11 is 0. The third-order valence-electron chi connectivity index (χ3n) is 5.82. The van der Waals surface area contributed by atoms with Crippen molar-refractivity contribution in [3.8, 4) is 17.2 Å². The molecule has 0 aromatic heterocycles. The number of nitrogens with zero attached hydrogens (tertiary/aromatic N) is 5. The van der Waals surface area contributed by atoms with Gasteiger partial charge in [-0.25, -0.2) is 0 Å². The number of nitro benzene ring substituents is 1. The van der Waals surface area contributed by atoms with Gasteiger partial charge in [-0.15, -0.1) is 5.11 Å². The number of hydrogen-bond acceptors (Lipinski definition) is 13. The number of nitro groups is 1. The van der Waals surface area contributed by atoms with Gasteiger partial charge in [0.1, 0.15) is 5.69 Å². The summed E-state index contributed by atoms with van der Waals surface area (Å²) in [5.41, 5.74) is 11.7. The van der Waals surface area contributed by atoms with Crippen molar-refractivity contribution in [1.82, 2.24) is 0 Å². The molecule has 5 aromatic carbocycles. The molecule has 5 N–H and O–H groups in total. The van der Waals surface area contributed by atoms with Gasteiger partial charge in [0.25, 0.3) is 15.8 Å². The number of nitrogen functional groups attached to an aromatic ring is 2. The van der Waals surface area contributed by atoms with E-state index in [0.29, 0.717) is 11.1 Å². The van der Waals surface area contributed by atoms with E-state index in [2.05, 4.69) is 20.5 Å². The van der Waals surface area contributed by atoms with E-state index in [1.807, 2.05) is 12.1 Å². The first kappa shape index (κ1) is 33.9. The fourth-order valence-corrected chi connectivity index (χ4v) is 4.15. The summed E-state index contributed by atoms with van der Waals surface area (Å²) in [6.45, 7) is 0. The van der Waals surface area contributed by atoms with Gasteiger partial charge >= 0.3 is 17.4 Å². The van der Waals surface area contributed by atoms with E-state index in [9.17, 15) is 33.9 Å². The quantitative estimate of drug-likeness (QED) is 0.0725. The Labute approximate surface area is 265 Å². The van der Waals surface area contributed by atoms with Crippen LogP contribution in [0.25, 0.3) is 10.8 Å². The second kappa shape index (κ2) is 14.2. The maximum absolute atomic E-state index is 12.0. The van der Waals surface area contributed by atoms with Crippen molar-refractivity contribution in [1.29, 1.82) is 0 Å². The van der Waals surface area contributed by atoms with Crippen LogP contribution in [0, 0.1) is 10.1 Å². The van der Waals surface area contributed by atoms with Crippen LogP contribution in [-0.4, -0.2) is 17.9 Å². The molecule has 0 saturated heterocycles. The van der Waals surface area contributed by atoms with Gasteiger partial charge in [-0.1, -0.05) is 59.7 Å². The molecule has 0 bridgehead atoms. The van der Waals surface area contributed by atoms with Crippen molar-refractivity contribution >= 4 is 60.7 Å². The third-order valence-corrected chi connectivity index (χ3v) is 6.67. The van der Waals surface area contributed by atoms with E-state index in [-0.39, 0.29) is 57.2 Å². The summed E-state index contributed by atoms with van der Waals surface area (Å²) in [4.78, 5) is 9.50. The summed E-state index contributed by atoms with van der Waals surface area (Å²) in [7, 11) is -4.42. The van der Waals surface area contributed by atoms with Crippen molar-refractivity contribution in [2.75, 3.05) is 11.5 Å². The number of hydrogen-bond donors (Lipinski definition) is 3. The van der Waals surface area contributed by atoms with Gasteiger partial charge in [-0.3, -0.25) is 14.7 Å². The van der Waals surface area contributed by atoms with E-state index >= 15 is 0 Å². The number of benzene rings is 5. The van der Waals surface area contributed by atoms with E-state index in [1.54, 1.807) is 24.3 Å². The molecule has 0 saturated carbocycles. The topological polar surface area (TPSA) is 268 Å². The normalized spacial score (nSPS) is 11.2. The first-order chi connectivity index (χ1) is 20.8. The Morgan fingerprint density at radius 1 is 0.689 bits per heavy atom. The number of non-ortho nitro benzene ring substituents is 1. The zero-order valence-electron chi connectivity index (χ0n) is 22.7. The number of rotatable bonds is 6. The van der Waals surface area contributed by atoms with Crippen molar-refractivity contribution in [2.45, 2.75) is 4.90 Å². The van der Waals surface area contributed by atoms with Crippen LogP contribution >= 0.6 is 0 Å². The molecule has 0 aliphatic heterocycles. The Morgan fingerprint density at radius 2 is 1.33 bits per heavy atom. The molecule has 17 heteroatoms. The van der Waals surface area contributed by atoms with Gasteiger partial charge in [-0.2, -0.15) is 23.8 Å². The minimum atomic E-state index is -4.42. The molecule has 0 unspecified atom stereocenters. The van der Waals surface area contributed by atoms with Gasteiger partial charge in [0.05, 0.1) is 32.6 Å². The zero-order valence-corrected chi connectivity index (χ0v) is 24.8. The predicted octanol–water partition coefficient (Wildman–Crippen LogP) is 4.89. The average molecular weight is 667 g/mol. The zero-order chi connectivity index (χ0) is 32.0. The fraction of sp³-hybridized carbons (Fsp3) is 0. The summed E-state index contributed by atoms with van der Waals surface area (Å²) in [5, 5.41) is 62.5. The molecule has 45 heavy (non-hydrogen) atoms. The minimum absolute atomic E-state index is 0. The Balaban J connectivity index is 0.000000241. The molecule has 0 fully saturated rings. The average Bonchev–Trinajstić information content (AvgIpc) is 2.97. The summed E-state index contributed by atoms with van der Waals surface area (Å²) in [6, 6.07) is 20.9. The molecule has 0 amide bonds. The molecular weight excluding hydrogens is 646 g/mol. The second-order valence-corrected chi connectivity index (χ2v) is 10.3. The maximum Gasteiger partial charge on any atom is 3.00 e. The SMILES string of the molecule is Nc1ccc(N=Nc2cc(S(=O)(=O)O)ccc2[O-])c(N)c1.O=[N+]([O-])c1ccc(N=Nc2c([O-])ccc3ccccc23)c([O-])c1.[Cr+3]. The van der Waals surface area contributed by atoms with Crippen molar-refractivity contribution in [2.24, 2.45) is 20.5 Å². The third kappa shape index (κ3) is 8.49. The number of azo groups is 2. The maximum atomic E-state index is 12.0. The molecule has 5 rings (SSSR count). The molecule has 15 nitrogen and oxygen atoms in total. The van der Waals surface area contributed by atoms with Crippen molar-refractivity contribution < 1.29 is 50.6 Å². The van der Waals surface area contributed by atoms with Crippen LogP contribution in [0.4, 0.5) is 39.8 Å². The van der Waals surface area contributed by atoms with Crippen LogP contribution in [0.2, 0.25) is 0 Å². The van der Waals surface area contributed by atoms with E-state index in [0.717, 1.165) is 35.7 Å². The van der Waals surface area contributed by atoms with Gasteiger partial charge in [0, 0.05) is 23.2 Å². The molecule has 0 atom stereocenters. The number of fused-ring (bicyclic) bond motifs is 1. The van der Waals surface area contributed by atoms with Gasteiger partial charge in [0.15, 0.2) is 0 Å². The summed E-state index contributed by atoms with van der Waals surface area (Å²) < 4.78 is 30.9. The van der Waals surface area contributed by atoms with Crippen LogP contribution in [0.5, 0.6) is 17.2 Å². The standard InChI is InChI=1S/C16H11N3O4.C12H12N4O4S.Cr/c20-14-8-5-10-3-1-2-4-12(10)16(14)18-17-13-7-6-11(19(22)23)9-15(13)21;13-7-1-3-10(9(14)5-7)15-16-11-6-8(21(18,19)20)2-4-12(11)17;/h1-9,20-21H;1-6,17H,13-14H2,(H,18,19,20);/q;;+3/p-3. The minimum Gasteiger partial charge on any atom is -0.871 e. The van der Waals surface area contributed by atoms with Gasteiger partial charge < -0.3 is 26.8 Å². The van der Waals surface area contributed by atoms with Gasteiger partial charge in [-0.05, 0) is 41.8 Å². The molecule has 0 aliphatic rings.